The fourth-order valence-corrected chi connectivity index (χ4v) is 4.29. The van der Waals surface area contributed by atoms with E-state index in [1.807, 2.05) is 11.0 Å². The summed E-state index contributed by atoms with van der Waals surface area (Å²) in [5.74, 6) is -0.0999. The van der Waals surface area contributed by atoms with Crippen molar-refractivity contribution < 1.29 is 19.1 Å². The van der Waals surface area contributed by atoms with Crippen molar-refractivity contribution in [1.82, 2.24) is 4.90 Å². The van der Waals surface area contributed by atoms with Crippen molar-refractivity contribution in [2.45, 2.75) is 57.4 Å². The number of ether oxygens (including phenoxy) is 2. The monoisotopic (exact) mass is 367 g/mol. The Labute approximate surface area is 152 Å². The molecule has 25 heavy (non-hydrogen) atoms. The van der Waals surface area contributed by atoms with E-state index in [4.69, 9.17) is 9.47 Å². The maximum absolute atomic E-state index is 13.3. The number of hydrogen-bond acceptors (Lipinski definition) is 4. The van der Waals surface area contributed by atoms with Gasteiger partial charge in [0.05, 0.1) is 19.3 Å². The van der Waals surface area contributed by atoms with E-state index in [-0.39, 0.29) is 24.3 Å². The van der Waals surface area contributed by atoms with Gasteiger partial charge in [-0.15, -0.1) is 0 Å². The van der Waals surface area contributed by atoms with Crippen LogP contribution in [0.2, 0.25) is 25.7 Å². The average Bonchev–Trinajstić information content (AvgIpc) is 3.00. The smallest absolute Gasteiger partial charge is 0.242 e. The Balaban J connectivity index is 2.12. The molecule has 142 valence electrons. The van der Waals surface area contributed by atoms with Crippen molar-refractivity contribution in [2.75, 3.05) is 33.5 Å². The lowest BCUT2D eigenvalue weighted by Crippen LogP contribution is -2.53. The van der Waals surface area contributed by atoms with Crippen LogP contribution in [0.4, 0.5) is 0 Å². The second-order valence-electron chi connectivity index (χ2n) is 8.45. The van der Waals surface area contributed by atoms with Gasteiger partial charge in [0.1, 0.15) is 5.41 Å². The molecule has 0 unspecified atom stereocenters. The first-order valence-corrected chi connectivity index (χ1v) is 13.1. The molecule has 1 aliphatic carbocycles. The molecular formula is C19H33NO4Si. The van der Waals surface area contributed by atoms with Crippen LogP contribution >= 0.6 is 0 Å². The highest BCUT2D eigenvalue weighted by molar-refractivity contribution is 6.76. The van der Waals surface area contributed by atoms with Crippen molar-refractivity contribution in [3.05, 3.63) is 12.2 Å². The number of ketones is 1. The van der Waals surface area contributed by atoms with E-state index in [1.165, 1.54) is 0 Å². The third-order valence-electron chi connectivity index (χ3n) is 5.14. The van der Waals surface area contributed by atoms with Gasteiger partial charge >= 0.3 is 0 Å². The molecule has 0 aromatic carbocycles. The molecule has 1 amide bonds. The topological polar surface area (TPSA) is 55.8 Å². The highest BCUT2D eigenvalue weighted by Crippen LogP contribution is 2.34. The van der Waals surface area contributed by atoms with Crippen LogP contribution in [0.15, 0.2) is 12.2 Å². The normalized spacial score (nSPS) is 27.1. The summed E-state index contributed by atoms with van der Waals surface area (Å²) in [6, 6.07) is 1.10. The molecule has 2 rings (SSSR count). The molecule has 1 aliphatic heterocycles. The van der Waals surface area contributed by atoms with Crippen LogP contribution in [-0.4, -0.2) is 64.2 Å². The van der Waals surface area contributed by atoms with E-state index >= 15 is 0 Å². The molecule has 1 saturated heterocycles. The van der Waals surface area contributed by atoms with Crippen LogP contribution in [0.3, 0.4) is 0 Å². The number of nitrogens with zero attached hydrogens (tertiary/aromatic N) is 1. The molecule has 5 nitrogen and oxygen atoms in total. The lowest BCUT2D eigenvalue weighted by Gasteiger charge is -2.36. The Morgan fingerprint density at radius 1 is 1.40 bits per heavy atom. The molecule has 0 saturated carbocycles. The Hall–Kier alpha value is -0.983. The van der Waals surface area contributed by atoms with Crippen molar-refractivity contribution in [3.63, 3.8) is 0 Å². The molecular weight excluding hydrogens is 334 g/mol. The minimum Gasteiger partial charge on any atom is -0.383 e. The Kier molecular flexibility index (Phi) is 6.99. The zero-order valence-corrected chi connectivity index (χ0v) is 17.2. The number of carbonyl (C=O) groups is 2. The van der Waals surface area contributed by atoms with E-state index in [9.17, 15) is 9.59 Å². The molecule has 0 aromatic rings. The predicted molar refractivity (Wildman–Crippen MR) is 101 cm³/mol. The summed E-state index contributed by atoms with van der Waals surface area (Å²) in [6.07, 6.45) is 6.79. The molecule has 6 heteroatoms. The first-order valence-electron chi connectivity index (χ1n) is 9.39. The van der Waals surface area contributed by atoms with Gasteiger partial charge in [-0.05, 0) is 25.3 Å². The van der Waals surface area contributed by atoms with E-state index in [2.05, 4.69) is 19.6 Å². The first kappa shape index (κ1) is 20.3. The Bertz CT molecular complexity index is 514. The molecule has 0 aromatic heterocycles. The summed E-state index contributed by atoms with van der Waals surface area (Å²) in [5, 5.41) is 0. The third-order valence-corrected chi connectivity index (χ3v) is 6.85. The van der Waals surface area contributed by atoms with Crippen molar-refractivity contribution in [2.24, 2.45) is 5.41 Å². The van der Waals surface area contributed by atoms with Gasteiger partial charge in [0.15, 0.2) is 5.78 Å². The van der Waals surface area contributed by atoms with Gasteiger partial charge in [-0.25, -0.2) is 0 Å². The average molecular weight is 368 g/mol. The predicted octanol–water partition coefficient (Wildman–Crippen LogP) is 2.88. The van der Waals surface area contributed by atoms with Gasteiger partial charge in [0.2, 0.25) is 5.91 Å². The highest BCUT2D eigenvalue weighted by Gasteiger charge is 2.48. The van der Waals surface area contributed by atoms with Crippen LogP contribution in [0, 0.1) is 5.41 Å². The number of hydrogen-bond donors (Lipinski definition) is 0. The zero-order chi connectivity index (χ0) is 18.5. The second kappa shape index (κ2) is 8.60. The Morgan fingerprint density at radius 2 is 2.16 bits per heavy atom. The molecule has 0 bridgehead atoms. The number of Topliss-reactive ketones (excluding diaryl/α,β-unsaturated/α-hetero) is 1. The summed E-state index contributed by atoms with van der Waals surface area (Å²) in [7, 11) is 0.455. The third kappa shape index (κ3) is 5.02. The maximum Gasteiger partial charge on any atom is 0.242 e. The summed E-state index contributed by atoms with van der Waals surface area (Å²) in [4.78, 5) is 28.0. The summed E-state index contributed by atoms with van der Waals surface area (Å²) in [5.41, 5.74) is -1.13. The fraction of sp³-hybridized carbons (Fsp3) is 0.789. The van der Waals surface area contributed by atoms with Gasteiger partial charge in [-0.3, -0.25) is 9.59 Å². The van der Waals surface area contributed by atoms with Crippen LogP contribution < -0.4 is 0 Å². The molecule has 0 spiro atoms. The molecule has 1 heterocycles. The van der Waals surface area contributed by atoms with Gasteiger partial charge in [-0.2, -0.15) is 0 Å². The van der Waals surface area contributed by atoms with Crippen molar-refractivity contribution in [1.29, 1.82) is 0 Å². The second-order valence-corrected chi connectivity index (χ2v) is 14.1. The molecule has 0 N–H and O–H groups in total. The molecule has 0 radical (unpaired) electrons. The zero-order valence-electron chi connectivity index (χ0n) is 16.2. The lowest BCUT2D eigenvalue weighted by molar-refractivity contribution is -0.151. The number of allylic oxidation sites excluding steroid dienone is 1. The van der Waals surface area contributed by atoms with Gasteiger partial charge in [0.25, 0.3) is 0 Å². The van der Waals surface area contributed by atoms with Gasteiger partial charge in [-0.1, -0.05) is 31.8 Å². The standard InChI is InChI=1S/C19H33NO4Si/c1-23-14-16-8-7-11-20(16)18(22)19(10-6-5-9-17(19)21)15-24-12-13-25(2,3)4/h6,10,16H,5,7-9,11-15H2,1-4H3/t16-,19-/m0/s1. The van der Waals surface area contributed by atoms with Crippen LogP contribution in [0.5, 0.6) is 0 Å². The number of amides is 1. The van der Waals surface area contributed by atoms with E-state index < -0.39 is 13.5 Å². The fourth-order valence-electron chi connectivity index (χ4n) is 3.53. The number of carbonyl (C=O) groups excluding carboxylic acids is 2. The number of rotatable bonds is 8. The van der Waals surface area contributed by atoms with E-state index in [0.717, 1.165) is 18.9 Å². The minimum absolute atomic E-state index is 0.00364. The molecule has 2 atom stereocenters. The van der Waals surface area contributed by atoms with Crippen LogP contribution in [-0.2, 0) is 19.1 Å². The Morgan fingerprint density at radius 3 is 2.80 bits per heavy atom. The van der Waals surface area contributed by atoms with E-state index in [1.54, 1.807) is 13.2 Å². The van der Waals surface area contributed by atoms with Crippen LogP contribution in [0.1, 0.15) is 25.7 Å². The SMILES string of the molecule is COC[C@@H]1CCCN1C(=O)[C@]1(COCC[Si](C)(C)C)C=CCCC1=O. The summed E-state index contributed by atoms with van der Waals surface area (Å²) >= 11 is 0. The molecule has 1 fully saturated rings. The van der Waals surface area contributed by atoms with Crippen molar-refractivity contribution in [3.8, 4) is 0 Å². The number of methoxy groups -OCH3 is 1. The largest absolute Gasteiger partial charge is 0.383 e. The van der Waals surface area contributed by atoms with Crippen molar-refractivity contribution >= 4 is 19.8 Å². The minimum atomic E-state index is -1.20. The van der Waals surface area contributed by atoms with Gasteiger partial charge < -0.3 is 14.4 Å². The quantitative estimate of drug-likeness (QED) is 0.286. The lowest BCUT2D eigenvalue weighted by atomic mass is 9.77. The highest BCUT2D eigenvalue weighted by atomic mass is 28.3. The van der Waals surface area contributed by atoms with Gasteiger partial charge in [0, 0.05) is 34.8 Å². The maximum atomic E-state index is 13.3. The molecule has 2 aliphatic rings. The van der Waals surface area contributed by atoms with Crippen LogP contribution in [0.25, 0.3) is 0 Å². The summed E-state index contributed by atoms with van der Waals surface area (Å²) < 4.78 is 11.1. The van der Waals surface area contributed by atoms with E-state index in [0.29, 0.717) is 32.6 Å². The number of likely N-dealkylation sites (tertiary alicyclic amines) is 1. The summed E-state index contributed by atoms with van der Waals surface area (Å²) in [6.45, 7) is 8.89. The first-order chi connectivity index (χ1) is 11.8.